The van der Waals surface area contributed by atoms with E-state index in [1.165, 1.54) is 43.3 Å². The van der Waals surface area contributed by atoms with E-state index in [2.05, 4.69) is 4.98 Å². The number of pyridine rings is 1. The Morgan fingerprint density at radius 3 is 2.24 bits per heavy atom. The van der Waals surface area contributed by atoms with Crippen molar-refractivity contribution in [2.24, 2.45) is 0 Å². The first kappa shape index (κ1) is 26.1. The van der Waals surface area contributed by atoms with E-state index in [0.717, 1.165) is 11.8 Å². The highest BCUT2D eigenvalue weighted by Gasteiger charge is 2.24. The third kappa shape index (κ3) is 5.14. The minimum Gasteiger partial charge on any atom is -0.464 e. The predicted octanol–water partition coefficient (Wildman–Crippen LogP) is 4.31. The van der Waals surface area contributed by atoms with Gasteiger partial charge in [-0.25, -0.2) is 13.2 Å². The van der Waals surface area contributed by atoms with Gasteiger partial charge in [0.25, 0.3) is 5.91 Å². The molecule has 0 aliphatic rings. The average Bonchev–Trinajstić information content (AvgIpc) is 2.89. The molecule has 0 radical (unpaired) electrons. The minimum atomic E-state index is -3.42. The Kier molecular flexibility index (Phi) is 7.20. The Morgan fingerprint density at radius 1 is 1.00 bits per heavy atom. The number of halogens is 1. The first-order chi connectivity index (χ1) is 17.5. The molecule has 37 heavy (non-hydrogen) atoms. The summed E-state index contributed by atoms with van der Waals surface area (Å²) in [6.45, 7) is -0.203. The molecule has 4 rings (SSSR count). The Hall–Kier alpha value is -3.95. The number of nitrogens with one attached hydrogen (secondary N) is 1. The van der Waals surface area contributed by atoms with Crippen LogP contribution in [0.15, 0.2) is 76.4 Å². The number of H-pyrrole nitrogens is 1. The molecule has 190 valence electrons. The monoisotopic (exact) mass is 538 g/mol. The zero-order chi connectivity index (χ0) is 26.9. The van der Waals surface area contributed by atoms with Gasteiger partial charge in [0.1, 0.15) is 5.69 Å². The van der Waals surface area contributed by atoms with Crippen molar-refractivity contribution < 1.29 is 22.7 Å². The summed E-state index contributed by atoms with van der Waals surface area (Å²) in [7, 11) is -0.738. The molecular formula is C27H23ClN2O6S. The highest BCUT2D eigenvalue weighted by molar-refractivity contribution is 7.90. The van der Waals surface area contributed by atoms with Crippen molar-refractivity contribution in [2.45, 2.75) is 11.4 Å². The molecule has 8 nitrogen and oxygen atoms in total. The van der Waals surface area contributed by atoms with Crippen molar-refractivity contribution in [2.75, 3.05) is 20.4 Å². The number of carbonyl (C=O) groups is 2. The van der Waals surface area contributed by atoms with Crippen LogP contribution in [0.4, 0.5) is 0 Å². The zero-order valence-electron chi connectivity index (χ0n) is 20.2. The molecule has 0 bridgehead atoms. The molecule has 0 aliphatic heterocycles. The number of ether oxygens (including phenoxy) is 1. The lowest BCUT2D eigenvalue weighted by molar-refractivity contribution is 0.0589. The zero-order valence-corrected chi connectivity index (χ0v) is 21.8. The summed E-state index contributed by atoms with van der Waals surface area (Å²) < 4.78 is 28.4. The molecule has 0 atom stereocenters. The molecule has 3 aromatic carbocycles. The van der Waals surface area contributed by atoms with Crippen LogP contribution < -0.4 is 5.43 Å². The van der Waals surface area contributed by atoms with Crippen LogP contribution in [0.25, 0.3) is 22.0 Å². The molecule has 1 heterocycles. The number of benzene rings is 3. The summed E-state index contributed by atoms with van der Waals surface area (Å²) >= 11 is 6.50. The number of amides is 1. The molecule has 0 spiro atoms. The van der Waals surface area contributed by atoms with Crippen LogP contribution in [0.1, 0.15) is 26.4 Å². The summed E-state index contributed by atoms with van der Waals surface area (Å²) in [6.07, 6.45) is 1.08. The third-order valence-electron chi connectivity index (χ3n) is 5.95. The number of nitrogens with zero attached hydrogens (tertiary/aromatic N) is 1. The first-order valence-electron chi connectivity index (χ1n) is 11.1. The molecule has 0 saturated carbocycles. The van der Waals surface area contributed by atoms with E-state index < -0.39 is 27.1 Å². The molecule has 1 N–H and O–H groups in total. The first-order valence-corrected chi connectivity index (χ1v) is 13.4. The van der Waals surface area contributed by atoms with Crippen molar-refractivity contribution >= 4 is 44.2 Å². The fourth-order valence-corrected chi connectivity index (χ4v) is 4.96. The Balaban J connectivity index is 1.81. The van der Waals surface area contributed by atoms with Crippen molar-refractivity contribution in [3.63, 3.8) is 0 Å². The third-order valence-corrected chi connectivity index (χ3v) is 7.39. The number of aromatic amines is 1. The van der Waals surface area contributed by atoms with Crippen molar-refractivity contribution in [3.05, 3.63) is 98.8 Å². The summed E-state index contributed by atoms with van der Waals surface area (Å²) in [6, 6.07) is 17.9. The van der Waals surface area contributed by atoms with Gasteiger partial charge in [0.05, 0.1) is 34.7 Å². The Labute approximate surface area is 218 Å². The van der Waals surface area contributed by atoms with Gasteiger partial charge in [0.2, 0.25) is 0 Å². The van der Waals surface area contributed by atoms with E-state index in [4.69, 9.17) is 16.3 Å². The topological polar surface area (TPSA) is 114 Å². The molecular weight excluding hydrogens is 516 g/mol. The maximum absolute atomic E-state index is 13.6. The van der Waals surface area contributed by atoms with Gasteiger partial charge in [-0.15, -0.1) is 0 Å². The van der Waals surface area contributed by atoms with Gasteiger partial charge in [-0.1, -0.05) is 41.9 Å². The molecule has 10 heteroatoms. The number of aromatic nitrogens is 1. The number of methoxy groups -OCH3 is 1. The lowest BCUT2D eigenvalue weighted by atomic mass is 9.99. The smallest absolute Gasteiger partial charge is 0.354 e. The number of hydrogen-bond donors (Lipinski definition) is 1. The second-order valence-corrected chi connectivity index (χ2v) is 10.9. The molecule has 1 amide bonds. The second kappa shape index (κ2) is 10.2. The van der Waals surface area contributed by atoms with E-state index >= 15 is 0 Å². The van der Waals surface area contributed by atoms with E-state index in [1.54, 1.807) is 12.1 Å². The largest absolute Gasteiger partial charge is 0.464 e. The highest BCUT2D eigenvalue weighted by Crippen LogP contribution is 2.34. The van der Waals surface area contributed by atoms with Gasteiger partial charge in [-0.05, 0) is 42.0 Å². The molecule has 0 unspecified atom stereocenters. The van der Waals surface area contributed by atoms with Crippen LogP contribution in [-0.2, 0) is 21.1 Å². The number of rotatable bonds is 6. The molecule has 0 aliphatic carbocycles. The summed E-state index contributed by atoms with van der Waals surface area (Å²) in [5.41, 5.74) is 1.42. The quantitative estimate of drug-likeness (QED) is 0.366. The number of carbonyl (C=O) groups excluding carboxylic acids is 2. The molecule has 0 fully saturated rings. The van der Waals surface area contributed by atoms with Crippen LogP contribution >= 0.6 is 11.6 Å². The van der Waals surface area contributed by atoms with Crippen molar-refractivity contribution in [1.82, 2.24) is 9.88 Å². The van der Waals surface area contributed by atoms with Crippen LogP contribution in [0.3, 0.4) is 0 Å². The van der Waals surface area contributed by atoms with Crippen molar-refractivity contribution in [3.8, 4) is 11.1 Å². The summed E-state index contributed by atoms with van der Waals surface area (Å²) in [5.74, 6) is -1.23. The van der Waals surface area contributed by atoms with Gasteiger partial charge in [0.15, 0.2) is 15.3 Å². The second-order valence-electron chi connectivity index (χ2n) is 8.47. The van der Waals surface area contributed by atoms with E-state index in [0.29, 0.717) is 21.5 Å². The van der Waals surface area contributed by atoms with Crippen LogP contribution in [0.5, 0.6) is 0 Å². The molecule has 1 aromatic heterocycles. The number of fused-ring (bicyclic) bond motifs is 1. The fourth-order valence-electron chi connectivity index (χ4n) is 4.06. The predicted molar refractivity (Wildman–Crippen MR) is 142 cm³/mol. The maximum Gasteiger partial charge on any atom is 0.354 e. The fraction of sp³-hybridized carbons (Fsp3) is 0.148. The van der Waals surface area contributed by atoms with Gasteiger partial charge in [-0.2, -0.15) is 0 Å². The molecule has 4 aromatic rings. The number of sulfone groups is 1. The Morgan fingerprint density at radius 2 is 1.65 bits per heavy atom. The average molecular weight is 539 g/mol. The number of hydrogen-bond acceptors (Lipinski definition) is 6. The van der Waals surface area contributed by atoms with E-state index in [9.17, 15) is 22.8 Å². The van der Waals surface area contributed by atoms with Crippen molar-refractivity contribution in [1.29, 1.82) is 0 Å². The van der Waals surface area contributed by atoms with Gasteiger partial charge in [0, 0.05) is 29.8 Å². The van der Waals surface area contributed by atoms with Crippen LogP contribution in [0.2, 0.25) is 5.02 Å². The standard InChI is InChI=1S/C27H23ClN2O6S/c1-30(26(32)17-9-11-18(12-10-17)37(3,34)35)15-20-24(27(33)36-2)29-23-19(25(20)31)13-14-21(28)22(23)16-7-5-4-6-8-16/h4-14H,15H2,1-3H3,(H,29,31). The Bertz CT molecular complexity index is 1680. The van der Waals surface area contributed by atoms with E-state index in [-0.39, 0.29) is 28.3 Å². The van der Waals surface area contributed by atoms with E-state index in [1.807, 2.05) is 30.3 Å². The highest BCUT2D eigenvalue weighted by atomic mass is 35.5. The van der Waals surface area contributed by atoms with Gasteiger partial charge >= 0.3 is 5.97 Å². The SMILES string of the molecule is COC(=O)c1[nH]c2c(-c3ccccc3)c(Cl)ccc2c(=O)c1CN(C)C(=O)c1ccc(S(C)(=O)=O)cc1. The maximum atomic E-state index is 13.6. The van der Waals surface area contributed by atoms with Crippen LogP contribution in [-0.4, -0.2) is 50.6 Å². The molecule has 0 saturated heterocycles. The normalized spacial score (nSPS) is 11.4. The summed E-state index contributed by atoms with van der Waals surface area (Å²) in [5, 5.41) is 0.687. The summed E-state index contributed by atoms with van der Waals surface area (Å²) in [4.78, 5) is 43.8. The lowest BCUT2D eigenvalue weighted by Gasteiger charge is -2.20. The van der Waals surface area contributed by atoms with Gasteiger partial charge < -0.3 is 14.6 Å². The van der Waals surface area contributed by atoms with Gasteiger partial charge in [-0.3, -0.25) is 9.59 Å². The number of esters is 1. The van der Waals surface area contributed by atoms with Crippen LogP contribution in [0, 0.1) is 0 Å². The minimum absolute atomic E-state index is 0.0456. The lowest BCUT2D eigenvalue weighted by Crippen LogP contribution is -2.31.